The number of fused-ring (bicyclic) bond motifs is 1. The van der Waals surface area contributed by atoms with Gasteiger partial charge in [-0.1, -0.05) is 43.3 Å². The van der Waals surface area contributed by atoms with Crippen LogP contribution in [0.3, 0.4) is 0 Å². The second kappa shape index (κ2) is 7.67. The number of aromatic amines is 1. The summed E-state index contributed by atoms with van der Waals surface area (Å²) in [7, 11) is 0. The average molecular weight is 398 g/mol. The molecular formula is C23H22N6O. The normalized spacial score (nSPS) is 17.8. The van der Waals surface area contributed by atoms with Crippen LogP contribution in [0.2, 0.25) is 0 Å². The molecule has 0 radical (unpaired) electrons. The lowest BCUT2D eigenvalue weighted by molar-refractivity contribution is -0.117. The van der Waals surface area contributed by atoms with Crippen LogP contribution in [0.4, 0.5) is 0 Å². The zero-order valence-electron chi connectivity index (χ0n) is 16.7. The molecule has 2 aromatic heterocycles. The molecular weight excluding hydrogens is 376 g/mol. The summed E-state index contributed by atoms with van der Waals surface area (Å²) in [5, 5.41) is 16.8. The SMILES string of the molecule is CCC(=O)N=C1CCC(n2cnnc2-c2ccc(-c3cccc4[nH]ncc34)cc2)C1. The molecule has 1 aliphatic rings. The van der Waals surface area contributed by atoms with E-state index >= 15 is 0 Å². The van der Waals surface area contributed by atoms with Crippen molar-refractivity contribution < 1.29 is 4.79 Å². The fourth-order valence-corrected chi connectivity index (χ4v) is 4.14. The largest absolute Gasteiger partial charge is 0.310 e. The molecule has 4 aromatic rings. The third-order valence-corrected chi connectivity index (χ3v) is 5.73. The van der Waals surface area contributed by atoms with Crippen molar-refractivity contribution >= 4 is 22.5 Å². The molecule has 2 heterocycles. The molecule has 1 unspecified atom stereocenters. The van der Waals surface area contributed by atoms with Crippen molar-refractivity contribution in [1.29, 1.82) is 0 Å². The van der Waals surface area contributed by atoms with E-state index in [9.17, 15) is 4.79 Å². The van der Waals surface area contributed by atoms with Gasteiger partial charge in [-0.3, -0.25) is 9.89 Å². The molecule has 5 rings (SSSR count). The first-order valence-electron chi connectivity index (χ1n) is 10.2. The molecule has 0 spiro atoms. The van der Waals surface area contributed by atoms with Crippen LogP contribution in [-0.4, -0.2) is 36.6 Å². The summed E-state index contributed by atoms with van der Waals surface area (Å²) in [6.07, 6.45) is 6.66. The number of aliphatic imine (C=N–C) groups is 1. The van der Waals surface area contributed by atoms with Gasteiger partial charge in [0.1, 0.15) is 6.33 Å². The summed E-state index contributed by atoms with van der Waals surface area (Å²) >= 11 is 0. The Bertz CT molecular complexity index is 1230. The smallest absolute Gasteiger partial charge is 0.245 e. The van der Waals surface area contributed by atoms with Crippen LogP contribution >= 0.6 is 0 Å². The summed E-state index contributed by atoms with van der Waals surface area (Å²) < 4.78 is 2.12. The van der Waals surface area contributed by atoms with Gasteiger partial charge in [-0.25, -0.2) is 4.99 Å². The number of benzene rings is 2. The van der Waals surface area contributed by atoms with E-state index in [1.165, 1.54) is 0 Å². The van der Waals surface area contributed by atoms with Crippen LogP contribution in [0.15, 0.2) is 60.0 Å². The Morgan fingerprint density at radius 2 is 2.03 bits per heavy atom. The maximum Gasteiger partial charge on any atom is 0.245 e. The molecule has 2 aromatic carbocycles. The molecule has 0 saturated heterocycles. The monoisotopic (exact) mass is 398 g/mol. The number of H-pyrrole nitrogens is 1. The van der Waals surface area contributed by atoms with Gasteiger partial charge in [0.05, 0.1) is 11.7 Å². The van der Waals surface area contributed by atoms with Gasteiger partial charge >= 0.3 is 0 Å². The van der Waals surface area contributed by atoms with Crippen LogP contribution in [-0.2, 0) is 4.79 Å². The molecule has 1 N–H and O–H groups in total. The fourth-order valence-electron chi connectivity index (χ4n) is 4.14. The topological polar surface area (TPSA) is 88.8 Å². The van der Waals surface area contributed by atoms with Crippen LogP contribution < -0.4 is 0 Å². The summed E-state index contributed by atoms with van der Waals surface area (Å²) in [4.78, 5) is 15.9. The number of carbonyl (C=O) groups excluding carboxylic acids is 1. The molecule has 30 heavy (non-hydrogen) atoms. The summed E-state index contributed by atoms with van der Waals surface area (Å²) in [6.45, 7) is 1.84. The highest BCUT2D eigenvalue weighted by Gasteiger charge is 2.25. The molecule has 1 amide bonds. The van der Waals surface area contributed by atoms with E-state index in [2.05, 4.69) is 60.3 Å². The summed E-state index contributed by atoms with van der Waals surface area (Å²) in [5.74, 6) is 0.800. The molecule has 1 fully saturated rings. The predicted octanol–water partition coefficient (Wildman–Crippen LogP) is 4.59. The number of aromatic nitrogens is 5. The van der Waals surface area contributed by atoms with Gasteiger partial charge in [-0.05, 0) is 30.0 Å². The molecule has 0 aliphatic heterocycles. The molecule has 7 nitrogen and oxygen atoms in total. The van der Waals surface area contributed by atoms with Gasteiger partial charge in [0.25, 0.3) is 0 Å². The van der Waals surface area contributed by atoms with Gasteiger partial charge in [-0.2, -0.15) is 5.10 Å². The number of hydrogen-bond donors (Lipinski definition) is 1. The zero-order valence-corrected chi connectivity index (χ0v) is 16.7. The molecule has 1 aliphatic carbocycles. The van der Waals surface area contributed by atoms with E-state index in [1.54, 1.807) is 6.33 Å². The maximum absolute atomic E-state index is 11.6. The van der Waals surface area contributed by atoms with Crippen LogP contribution in [0.1, 0.15) is 38.6 Å². The first-order chi connectivity index (χ1) is 14.7. The Morgan fingerprint density at radius 1 is 1.20 bits per heavy atom. The highest BCUT2D eigenvalue weighted by atomic mass is 16.1. The van der Waals surface area contributed by atoms with Crippen LogP contribution in [0.25, 0.3) is 33.4 Å². The van der Waals surface area contributed by atoms with Crippen molar-refractivity contribution in [2.24, 2.45) is 4.99 Å². The highest BCUT2D eigenvalue weighted by molar-refractivity contribution is 5.97. The van der Waals surface area contributed by atoms with Crippen molar-refractivity contribution in [3.8, 4) is 22.5 Å². The van der Waals surface area contributed by atoms with E-state index in [4.69, 9.17) is 0 Å². The number of nitrogens with zero attached hydrogens (tertiary/aromatic N) is 5. The van der Waals surface area contributed by atoms with Gasteiger partial charge < -0.3 is 4.57 Å². The fraction of sp³-hybridized carbons (Fsp3) is 0.261. The molecule has 0 bridgehead atoms. The lowest BCUT2D eigenvalue weighted by Gasteiger charge is -2.13. The van der Waals surface area contributed by atoms with Crippen molar-refractivity contribution in [3.63, 3.8) is 0 Å². The van der Waals surface area contributed by atoms with Gasteiger partial charge in [0.15, 0.2) is 5.82 Å². The van der Waals surface area contributed by atoms with Crippen molar-refractivity contribution in [2.45, 2.75) is 38.6 Å². The van der Waals surface area contributed by atoms with Crippen molar-refractivity contribution in [1.82, 2.24) is 25.0 Å². The van der Waals surface area contributed by atoms with Crippen molar-refractivity contribution in [2.75, 3.05) is 0 Å². The Hall–Kier alpha value is -3.61. The minimum Gasteiger partial charge on any atom is -0.310 e. The molecule has 1 atom stereocenters. The minimum atomic E-state index is -0.0436. The Morgan fingerprint density at radius 3 is 2.87 bits per heavy atom. The van der Waals surface area contributed by atoms with Gasteiger partial charge in [0, 0.05) is 35.5 Å². The zero-order chi connectivity index (χ0) is 20.5. The number of hydrogen-bond acceptors (Lipinski definition) is 4. The summed E-state index contributed by atoms with van der Waals surface area (Å²) in [6, 6.07) is 14.8. The number of nitrogens with one attached hydrogen (secondary N) is 1. The Labute approximate surface area is 173 Å². The van der Waals surface area contributed by atoms with Gasteiger partial charge in [0.2, 0.25) is 5.91 Å². The first-order valence-corrected chi connectivity index (χ1v) is 10.2. The maximum atomic E-state index is 11.6. The number of rotatable bonds is 4. The second-order valence-electron chi connectivity index (χ2n) is 7.60. The van der Waals surface area contributed by atoms with Crippen LogP contribution in [0, 0.1) is 0 Å². The van der Waals surface area contributed by atoms with E-state index in [0.717, 1.165) is 58.4 Å². The van der Waals surface area contributed by atoms with Crippen molar-refractivity contribution in [3.05, 3.63) is 55.0 Å². The standard InChI is InChI=1S/C23H22N6O/c1-2-22(30)26-17-10-11-18(12-17)29-14-25-28-23(29)16-8-6-15(7-9-16)19-4-3-5-21-20(19)13-24-27-21/h3-9,13-14,18H,2,10-12H2,1H3,(H,24,27). The first kappa shape index (κ1) is 18.4. The van der Waals surface area contributed by atoms with E-state index in [0.29, 0.717) is 6.42 Å². The quantitative estimate of drug-likeness (QED) is 0.544. The third-order valence-electron chi connectivity index (χ3n) is 5.73. The Kier molecular flexibility index (Phi) is 4.71. The summed E-state index contributed by atoms with van der Waals surface area (Å²) in [5.41, 5.74) is 5.30. The lowest BCUT2D eigenvalue weighted by atomic mass is 10.0. The van der Waals surface area contributed by atoms with Crippen LogP contribution in [0.5, 0.6) is 0 Å². The second-order valence-corrected chi connectivity index (χ2v) is 7.60. The molecule has 7 heteroatoms. The third kappa shape index (κ3) is 3.32. The van der Waals surface area contributed by atoms with Gasteiger partial charge in [-0.15, -0.1) is 10.2 Å². The highest BCUT2D eigenvalue weighted by Crippen LogP contribution is 2.33. The Balaban J connectivity index is 1.42. The minimum absolute atomic E-state index is 0.0436. The predicted molar refractivity (Wildman–Crippen MR) is 116 cm³/mol. The van der Waals surface area contributed by atoms with E-state index < -0.39 is 0 Å². The number of amides is 1. The molecule has 1 saturated carbocycles. The molecule has 150 valence electrons. The number of carbonyl (C=O) groups is 1. The van der Waals surface area contributed by atoms with E-state index in [-0.39, 0.29) is 11.9 Å². The van der Waals surface area contributed by atoms with E-state index in [1.807, 2.05) is 25.3 Å². The lowest BCUT2D eigenvalue weighted by Crippen LogP contribution is -2.07. The average Bonchev–Trinajstić information content (AvgIpc) is 3.53.